The maximum Gasteiger partial charge on any atom is 0.317 e. The molecule has 1 fully saturated rings. The molecule has 0 spiro atoms. The second kappa shape index (κ2) is 9.36. The van der Waals surface area contributed by atoms with Crippen molar-refractivity contribution in [2.75, 3.05) is 26.2 Å². The van der Waals surface area contributed by atoms with Gasteiger partial charge in [-0.05, 0) is 36.5 Å². The van der Waals surface area contributed by atoms with E-state index in [1.807, 2.05) is 25.1 Å². The minimum Gasteiger partial charge on any atom is -0.336 e. The summed E-state index contributed by atoms with van der Waals surface area (Å²) in [5, 5.41) is 3.03. The lowest BCUT2D eigenvalue weighted by molar-refractivity contribution is 0.168. The van der Waals surface area contributed by atoms with Gasteiger partial charge in [-0.3, -0.25) is 0 Å². The first-order chi connectivity index (χ1) is 14.6. The molecule has 1 aliphatic heterocycles. The van der Waals surface area contributed by atoms with E-state index in [9.17, 15) is 17.6 Å². The molecule has 31 heavy (non-hydrogen) atoms. The molecule has 1 unspecified atom stereocenters. The van der Waals surface area contributed by atoms with Crippen molar-refractivity contribution in [3.05, 3.63) is 66.0 Å². The topological polar surface area (TPSA) is 69.7 Å². The standard InChI is InChI=1S/C23H30FN3O3S/c1-18(17-23(2,3)19-9-5-4-6-10-19)25-22(28)26-13-15-27(16-14-26)31(29,30)21-12-8-7-11-20(21)24/h4-12,18H,13-17H2,1-3H3,(H,25,28). The van der Waals surface area contributed by atoms with Gasteiger partial charge in [0.05, 0.1) is 0 Å². The normalized spacial score (nSPS) is 16.7. The first-order valence-corrected chi connectivity index (χ1v) is 11.9. The molecule has 0 aromatic heterocycles. The Hall–Kier alpha value is -2.45. The summed E-state index contributed by atoms with van der Waals surface area (Å²) in [6, 6.07) is 15.3. The van der Waals surface area contributed by atoms with Gasteiger partial charge in [0.15, 0.2) is 0 Å². The van der Waals surface area contributed by atoms with E-state index in [1.54, 1.807) is 4.90 Å². The molecule has 1 aliphatic rings. The van der Waals surface area contributed by atoms with Crippen molar-refractivity contribution in [2.45, 2.75) is 43.5 Å². The number of piperazine rings is 1. The number of hydrogen-bond donors (Lipinski definition) is 1. The minimum absolute atomic E-state index is 0.0529. The smallest absolute Gasteiger partial charge is 0.317 e. The van der Waals surface area contributed by atoms with Crippen LogP contribution in [0.15, 0.2) is 59.5 Å². The van der Waals surface area contributed by atoms with Crippen LogP contribution in [0.4, 0.5) is 9.18 Å². The van der Waals surface area contributed by atoms with Crippen molar-refractivity contribution < 1.29 is 17.6 Å². The second-order valence-corrected chi connectivity index (χ2v) is 10.5. The van der Waals surface area contributed by atoms with Crippen molar-refractivity contribution in [1.82, 2.24) is 14.5 Å². The Balaban J connectivity index is 1.55. The summed E-state index contributed by atoms with van der Waals surface area (Å²) in [4.78, 5) is 14.0. The fourth-order valence-corrected chi connectivity index (χ4v) is 5.54. The summed E-state index contributed by atoms with van der Waals surface area (Å²) < 4.78 is 40.6. The Morgan fingerprint density at radius 3 is 2.23 bits per heavy atom. The number of hydrogen-bond acceptors (Lipinski definition) is 3. The van der Waals surface area contributed by atoms with Crippen LogP contribution in [0.2, 0.25) is 0 Å². The van der Waals surface area contributed by atoms with Gasteiger partial charge in [0.2, 0.25) is 10.0 Å². The van der Waals surface area contributed by atoms with E-state index in [0.717, 1.165) is 12.5 Å². The van der Waals surface area contributed by atoms with Gasteiger partial charge in [0, 0.05) is 32.2 Å². The summed E-state index contributed by atoms with van der Waals surface area (Å²) in [5.74, 6) is -0.766. The number of sulfonamides is 1. The molecular formula is C23H30FN3O3S. The lowest BCUT2D eigenvalue weighted by Crippen LogP contribution is -2.54. The highest BCUT2D eigenvalue weighted by molar-refractivity contribution is 7.89. The van der Waals surface area contributed by atoms with E-state index in [4.69, 9.17) is 0 Å². The zero-order chi connectivity index (χ0) is 22.6. The fraction of sp³-hybridized carbons (Fsp3) is 0.435. The Bertz CT molecular complexity index is 1000. The molecule has 2 aromatic carbocycles. The van der Waals surface area contributed by atoms with E-state index in [-0.39, 0.29) is 48.6 Å². The van der Waals surface area contributed by atoms with Gasteiger partial charge in [-0.25, -0.2) is 17.6 Å². The molecular weight excluding hydrogens is 417 g/mol. The molecule has 1 saturated heterocycles. The zero-order valence-electron chi connectivity index (χ0n) is 18.2. The van der Waals surface area contributed by atoms with Crippen LogP contribution in [0, 0.1) is 5.82 Å². The number of nitrogens with one attached hydrogen (secondary N) is 1. The largest absolute Gasteiger partial charge is 0.336 e. The summed E-state index contributed by atoms with van der Waals surface area (Å²) in [6.45, 7) is 7.06. The van der Waals surface area contributed by atoms with Crippen molar-refractivity contribution in [1.29, 1.82) is 0 Å². The highest BCUT2D eigenvalue weighted by Crippen LogP contribution is 2.28. The van der Waals surface area contributed by atoms with E-state index >= 15 is 0 Å². The predicted octanol–water partition coefficient (Wildman–Crippen LogP) is 3.60. The molecule has 1 N–H and O–H groups in total. The first-order valence-electron chi connectivity index (χ1n) is 10.5. The van der Waals surface area contributed by atoms with Gasteiger partial charge in [0.1, 0.15) is 10.7 Å². The van der Waals surface area contributed by atoms with Gasteiger partial charge >= 0.3 is 6.03 Å². The molecule has 2 aromatic rings. The quantitative estimate of drug-likeness (QED) is 0.736. The van der Waals surface area contributed by atoms with Crippen LogP contribution < -0.4 is 5.32 Å². The van der Waals surface area contributed by atoms with Crippen LogP contribution in [-0.2, 0) is 15.4 Å². The average Bonchev–Trinajstić information content (AvgIpc) is 2.74. The fourth-order valence-electron chi connectivity index (χ4n) is 4.05. The third kappa shape index (κ3) is 5.43. The van der Waals surface area contributed by atoms with Gasteiger partial charge in [0.25, 0.3) is 0 Å². The van der Waals surface area contributed by atoms with Crippen LogP contribution >= 0.6 is 0 Å². The zero-order valence-corrected chi connectivity index (χ0v) is 19.0. The number of carbonyl (C=O) groups excluding carboxylic acids is 1. The summed E-state index contributed by atoms with van der Waals surface area (Å²) >= 11 is 0. The van der Waals surface area contributed by atoms with Gasteiger partial charge in [-0.1, -0.05) is 56.3 Å². The molecule has 168 valence electrons. The molecule has 2 amide bonds. The van der Waals surface area contributed by atoms with E-state index in [1.165, 1.54) is 28.1 Å². The number of rotatable bonds is 6. The van der Waals surface area contributed by atoms with Crippen LogP contribution in [0.5, 0.6) is 0 Å². The van der Waals surface area contributed by atoms with E-state index in [2.05, 4.69) is 31.3 Å². The van der Waals surface area contributed by atoms with Gasteiger partial charge in [-0.2, -0.15) is 4.31 Å². The first kappa shape index (κ1) is 23.2. The second-order valence-electron chi connectivity index (χ2n) is 8.63. The van der Waals surface area contributed by atoms with Crippen LogP contribution in [0.25, 0.3) is 0 Å². The molecule has 0 bridgehead atoms. The minimum atomic E-state index is -3.92. The molecule has 3 rings (SSSR count). The van der Waals surface area contributed by atoms with Gasteiger partial charge < -0.3 is 10.2 Å². The van der Waals surface area contributed by atoms with E-state index < -0.39 is 15.8 Å². The average molecular weight is 448 g/mol. The number of carbonyl (C=O) groups is 1. The molecule has 0 saturated carbocycles. The lowest BCUT2D eigenvalue weighted by atomic mass is 9.79. The van der Waals surface area contributed by atoms with Crippen molar-refractivity contribution >= 4 is 16.1 Å². The lowest BCUT2D eigenvalue weighted by Gasteiger charge is -2.35. The maximum atomic E-state index is 14.0. The number of amides is 2. The Morgan fingerprint density at radius 1 is 1.03 bits per heavy atom. The summed E-state index contributed by atoms with van der Waals surface area (Å²) in [6.07, 6.45) is 0.768. The van der Waals surface area contributed by atoms with Gasteiger partial charge in [-0.15, -0.1) is 0 Å². The highest BCUT2D eigenvalue weighted by Gasteiger charge is 2.32. The highest BCUT2D eigenvalue weighted by atomic mass is 32.2. The molecule has 1 heterocycles. The Kier molecular flexibility index (Phi) is 7.01. The number of benzene rings is 2. The number of halogens is 1. The van der Waals surface area contributed by atoms with Crippen molar-refractivity contribution in [3.63, 3.8) is 0 Å². The molecule has 0 aliphatic carbocycles. The SMILES string of the molecule is CC(CC(C)(C)c1ccccc1)NC(=O)N1CCN(S(=O)(=O)c2ccccc2F)CC1. The number of urea groups is 1. The molecule has 1 atom stereocenters. The van der Waals surface area contributed by atoms with Crippen LogP contribution in [0.1, 0.15) is 32.8 Å². The monoisotopic (exact) mass is 447 g/mol. The van der Waals surface area contributed by atoms with Crippen molar-refractivity contribution in [3.8, 4) is 0 Å². The van der Waals surface area contributed by atoms with Crippen LogP contribution in [-0.4, -0.2) is 55.9 Å². The maximum absolute atomic E-state index is 14.0. The number of nitrogens with zero attached hydrogens (tertiary/aromatic N) is 2. The summed E-state index contributed by atoms with van der Waals surface area (Å²) in [7, 11) is -3.92. The Morgan fingerprint density at radius 2 is 1.61 bits per heavy atom. The molecule has 8 heteroatoms. The van der Waals surface area contributed by atoms with Crippen molar-refractivity contribution in [2.24, 2.45) is 0 Å². The van der Waals surface area contributed by atoms with E-state index in [0.29, 0.717) is 0 Å². The third-order valence-corrected chi connectivity index (χ3v) is 7.65. The van der Waals surface area contributed by atoms with Crippen LogP contribution in [0.3, 0.4) is 0 Å². The molecule has 6 nitrogen and oxygen atoms in total. The summed E-state index contributed by atoms with van der Waals surface area (Å²) in [5.41, 5.74) is 1.11. The predicted molar refractivity (Wildman–Crippen MR) is 119 cm³/mol. The molecule has 0 radical (unpaired) electrons. The third-order valence-electron chi connectivity index (χ3n) is 5.72. The Labute approximate surface area is 184 Å².